The molecule has 0 saturated carbocycles. The third kappa shape index (κ3) is 5.27. The zero-order valence-corrected chi connectivity index (χ0v) is 20.0. The summed E-state index contributed by atoms with van der Waals surface area (Å²) in [5, 5.41) is 7.89. The maximum absolute atomic E-state index is 13.2. The van der Waals surface area contributed by atoms with E-state index < -0.39 is 10.0 Å². The number of fused-ring (bicyclic) bond motifs is 1. The van der Waals surface area contributed by atoms with Gasteiger partial charge in [0.15, 0.2) is 0 Å². The molecule has 0 unspecified atom stereocenters. The molecular formula is C23H25ClN4O4S. The van der Waals surface area contributed by atoms with Crippen molar-refractivity contribution in [3.8, 4) is 0 Å². The highest BCUT2D eigenvalue weighted by molar-refractivity contribution is 7.89. The molecule has 0 atom stereocenters. The van der Waals surface area contributed by atoms with E-state index in [1.807, 2.05) is 36.0 Å². The summed E-state index contributed by atoms with van der Waals surface area (Å²) < 4.78 is 35.6. The third-order valence-electron chi connectivity index (χ3n) is 5.52. The van der Waals surface area contributed by atoms with E-state index in [-0.39, 0.29) is 24.0 Å². The number of aryl methyl sites for hydroxylation is 1. The van der Waals surface area contributed by atoms with Gasteiger partial charge in [-0.2, -0.15) is 9.40 Å². The minimum absolute atomic E-state index is 0.185. The van der Waals surface area contributed by atoms with Gasteiger partial charge in [0.2, 0.25) is 15.9 Å². The van der Waals surface area contributed by atoms with Crippen LogP contribution in [0.2, 0.25) is 5.02 Å². The van der Waals surface area contributed by atoms with Gasteiger partial charge >= 0.3 is 0 Å². The van der Waals surface area contributed by atoms with Crippen LogP contribution in [0.4, 0.5) is 5.69 Å². The second kappa shape index (κ2) is 9.64. The van der Waals surface area contributed by atoms with Crippen molar-refractivity contribution in [1.82, 2.24) is 14.1 Å². The van der Waals surface area contributed by atoms with Crippen LogP contribution in [-0.2, 0) is 52.8 Å². The summed E-state index contributed by atoms with van der Waals surface area (Å²) in [6.07, 6.45) is 0.569. The van der Waals surface area contributed by atoms with Gasteiger partial charge in [-0.15, -0.1) is 0 Å². The predicted molar refractivity (Wildman–Crippen MR) is 125 cm³/mol. The molecule has 33 heavy (non-hydrogen) atoms. The number of amides is 1. The fourth-order valence-electron chi connectivity index (χ4n) is 3.87. The summed E-state index contributed by atoms with van der Waals surface area (Å²) in [5.74, 6) is -0.212. The molecule has 0 bridgehead atoms. The van der Waals surface area contributed by atoms with Crippen molar-refractivity contribution in [2.45, 2.75) is 38.0 Å². The molecule has 174 valence electrons. The lowest BCUT2D eigenvalue weighted by molar-refractivity contribution is -0.114. The quantitative estimate of drug-likeness (QED) is 0.549. The lowest BCUT2D eigenvalue weighted by atomic mass is 10.1. The first-order chi connectivity index (χ1) is 15.7. The monoisotopic (exact) mass is 488 g/mol. The van der Waals surface area contributed by atoms with Gasteiger partial charge in [-0.05, 0) is 42.0 Å². The number of ether oxygens (including phenoxy) is 1. The molecule has 0 radical (unpaired) electrons. The number of halogens is 1. The molecule has 1 N–H and O–H groups in total. The molecule has 1 aliphatic heterocycles. The number of nitrogens with one attached hydrogen (secondary N) is 1. The standard InChI is InChI=1S/C23H25ClN4O4S/c1-16(29)25-19-7-9-20(10-8-19)33(30,31)28-12-11-23-21(13-28)22(26-27(23)2)15-32-14-17-3-5-18(24)6-4-17/h3-10H,11-15H2,1-2H3,(H,25,29). The molecule has 1 aliphatic rings. The fraction of sp³-hybridized carbons (Fsp3) is 0.304. The zero-order chi connectivity index (χ0) is 23.6. The Morgan fingerprint density at radius 2 is 1.82 bits per heavy atom. The number of hydrogen-bond donors (Lipinski definition) is 1. The summed E-state index contributed by atoms with van der Waals surface area (Å²) >= 11 is 5.92. The van der Waals surface area contributed by atoms with Crippen LogP contribution in [0.25, 0.3) is 0 Å². The molecule has 0 fully saturated rings. The highest BCUT2D eigenvalue weighted by Gasteiger charge is 2.32. The largest absolute Gasteiger partial charge is 0.370 e. The Labute approximate surface area is 198 Å². The molecule has 0 aliphatic carbocycles. The Hall–Kier alpha value is -2.72. The van der Waals surface area contributed by atoms with Crippen LogP contribution in [0.15, 0.2) is 53.4 Å². The first-order valence-corrected chi connectivity index (χ1v) is 12.3. The number of nitrogens with zero attached hydrogens (tertiary/aromatic N) is 3. The Balaban J connectivity index is 1.47. The van der Waals surface area contributed by atoms with E-state index in [4.69, 9.17) is 16.3 Å². The van der Waals surface area contributed by atoms with Gasteiger partial charge in [-0.25, -0.2) is 8.42 Å². The van der Waals surface area contributed by atoms with E-state index in [2.05, 4.69) is 10.4 Å². The van der Waals surface area contributed by atoms with Crippen molar-refractivity contribution >= 4 is 33.2 Å². The molecule has 4 rings (SSSR count). The van der Waals surface area contributed by atoms with Gasteiger partial charge in [0.25, 0.3) is 0 Å². The summed E-state index contributed by atoms with van der Waals surface area (Å²) in [5.41, 5.74) is 4.19. The van der Waals surface area contributed by atoms with Crippen molar-refractivity contribution < 1.29 is 17.9 Å². The second-order valence-electron chi connectivity index (χ2n) is 7.91. The number of anilines is 1. The molecule has 1 aromatic heterocycles. The van der Waals surface area contributed by atoms with E-state index in [1.54, 1.807) is 12.1 Å². The average molecular weight is 489 g/mol. The summed E-state index contributed by atoms with van der Waals surface area (Å²) in [6.45, 7) is 2.70. The molecule has 10 heteroatoms. The molecule has 0 saturated heterocycles. The van der Waals surface area contributed by atoms with Crippen LogP contribution in [-0.4, -0.2) is 35.0 Å². The first kappa shape index (κ1) is 23.4. The minimum atomic E-state index is -3.69. The number of benzene rings is 2. The Morgan fingerprint density at radius 1 is 1.12 bits per heavy atom. The second-order valence-corrected chi connectivity index (χ2v) is 10.3. The van der Waals surface area contributed by atoms with Crippen molar-refractivity contribution in [1.29, 1.82) is 0 Å². The van der Waals surface area contributed by atoms with E-state index in [1.165, 1.54) is 23.4 Å². The lowest BCUT2D eigenvalue weighted by Gasteiger charge is -2.27. The minimum Gasteiger partial charge on any atom is -0.370 e. The van der Waals surface area contributed by atoms with Gasteiger partial charge in [0.1, 0.15) is 0 Å². The maximum Gasteiger partial charge on any atom is 0.243 e. The van der Waals surface area contributed by atoms with E-state index >= 15 is 0 Å². The summed E-state index contributed by atoms with van der Waals surface area (Å²) in [6, 6.07) is 13.6. The van der Waals surface area contributed by atoms with E-state index in [0.717, 1.165) is 22.5 Å². The number of sulfonamides is 1. The van der Waals surface area contributed by atoms with Gasteiger partial charge in [0.05, 0.1) is 23.8 Å². The SMILES string of the molecule is CC(=O)Nc1ccc(S(=O)(=O)N2CCc3c(c(COCc4ccc(Cl)cc4)nn3C)C2)cc1. The smallest absolute Gasteiger partial charge is 0.243 e. The highest BCUT2D eigenvalue weighted by Crippen LogP contribution is 2.28. The highest BCUT2D eigenvalue weighted by atomic mass is 35.5. The third-order valence-corrected chi connectivity index (χ3v) is 7.64. The van der Waals surface area contributed by atoms with E-state index in [9.17, 15) is 13.2 Å². The topological polar surface area (TPSA) is 93.5 Å². The first-order valence-electron chi connectivity index (χ1n) is 10.5. The number of rotatable bonds is 7. The molecule has 0 spiro atoms. The molecule has 8 nitrogen and oxygen atoms in total. The zero-order valence-electron chi connectivity index (χ0n) is 18.4. The summed E-state index contributed by atoms with van der Waals surface area (Å²) in [7, 11) is -1.83. The van der Waals surface area contributed by atoms with Crippen LogP contribution in [0.5, 0.6) is 0 Å². The molecule has 2 aromatic carbocycles. The lowest BCUT2D eigenvalue weighted by Crippen LogP contribution is -2.36. The molecule has 3 aromatic rings. The van der Waals surface area contributed by atoms with Crippen molar-refractivity contribution in [3.05, 3.63) is 76.1 Å². The van der Waals surface area contributed by atoms with Crippen molar-refractivity contribution in [3.63, 3.8) is 0 Å². The Bertz CT molecular complexity index is 1250. The number of hydrogen-bond acceptors (Lipinski definition) is 5. The molecule has 2 heterocycles. The number of carbonyl (C=O) groups excluding carboxylic acids is 1. The van der Waals surface area contributed by atoms with Crippen molar-refractivity contribution in [2.24, 2.45) is 7.05 Å². The van der Waals surface area contributed by atoms with Crippen LogP contribution >= 0.6 is 11.6 Å². The van der Waals surface area contributed by atoms with E-state index in [0.29, 0.717) is 30.3 Å². The van der Waals surface area contributed by atoms with Gasteiger partial charge in [-0.1, -0.05) is 23.7 Å². The molecular weight excluding hydrogens is 464 g/mol. The van der Waals surface area contributed by atoms with Gasteiger partial charge < -0.3 is 10.1 Å². The normalized spacial score (nSPS) is 14.2. The fourth-order valence-corrected chi connectivity index (χ4v) is 5.41. The van der Waals surface area contributed by atoms with Gasteiger partial charge in [-0.3, -0.25) is 9.48 Å². The summed E-state index contributed by atoms with van der Waals surface area (Å²) in [4.78, 5) is 11.4. The van der Waals surface area contributed by atoms with Gasteiger partial charge in [0, 0.05) is 55.4 Å². The van der Waals surface area contributed by atoms with Crippen LogP contribution in [0, 0.1) is 0 Å². The number of carbonyl (C=O) groups is 1. The van der Waals surface area contributed by atoms with Crippen LogP contribution in [0.3, 0.4) is 0 Å². The molecule has 1 amide bonds. The Morgan fingerprint density at radius 3 is 2.48 bits per heavy atom. The van der Waals surface area contributed by atoms with Crippen LogP contribution in [0.1, 0.15) is 29.4 Å². The number of aromatic nitrogens is 2. The maximum atomic E-state index is 13.2. The van der Waals surface area contributed by atoms with Crippen LogP contribution < -0.4 is 5.32 Å². The average Bonchev–Trinajstić information content (AvgIpc) is 3.10. The Kier molecular flexibility index (Phi) is 6.85. The predicted octanol–water partition coefficient (Wildman–Crippen LogP) is 3.50. The van der Waals surface area contributed by atoms with Crippen molar-refractivity contribution in [2.75, 3.05) is 11.9 Å².